The van der Waals surface area contributed by atoms with E-state index in [9.17, 15) is 0 Å². The molecule has 0 saturated carbocycles. The van der Waals surface area contributed by atoms with Crippen molar-refractivity contribution < 1.29 is 0 Å². The van der Waals surface area contributed by atoms with Gasteiger partial charge in [-0.3, -0.25) is 4.98 Å². The van der Waals surface area contributed by atoms with Crippen molar-refractivity contribution in [1.82, 2.24) is 4.98 Å². The zero-order chi connectivity index (χ0) is 17.6. The van der Waals surface area contributed by atoms with Crippen LogP contribution in [0.2, 0.25) is 0 Å². The summed E-state index contributed by atoms with van der Waals surface area (Å²) in [5, 5.41) is 5.14. The predicted octanol–water partition coefficient (Wildman–Crippen LogP) is 6.80. The Morgan fingerprint density at radius 2 is 1.56 bits per heavy atom. The number of aryl methyl sites for hydroxylation is 2. The van der Waals surface area contributed by atoms with Crippen molar-refractivity contribution in [1.29, 1.82) is 0 Å². The Bertz CT molecular complexity index is 1070. The van der Waals surface area contributed by atoms with Gasteiger partial charge in [-0.05, 0) is 59.7 Å². The zero-order valence-corrected chi connectivity index (χ0v) is 15.3. The van der Waals surface area contributed by atoms with Crippen molar-refractivity contribution in [3.05, 3.63) is 77.5 Å². The number of rotatable bonds is 2. The van der Waals surface area contributed by atoms with Gasteiger partial charge in [-0.15, -0.1) is 0 Å². The fourth-order valence-electron chi connectivity index (χ4n) is 3.89. The molecule has 4 aromatic rings. The highest BCUT2D eigenvalue weighted by atomic mass is 14.7. The van der Waals surface area contributed by atoms with Gasteiger partial charge in [0.15, 0.2) is 0 Å². The van der Waals surface area contributed by atoms with E-state index in [1.807, 2.05) is 6.20 Å². The van der Waals surface area contributed by atoms with Crippen LogP contribution in [0.15, 0.2) is 60.8 Å². The maximum absolute atomic E-state index is 4.78. The smallest absolute Gasteiger partial charge is 0.0786 e. The third-order valence-electron chi connectivity index (χ3n) is 4.94. The molecule has 0 aliphatic heterocycles. The molecule has 0 unspecified atom stereocenters. The van der Waals surface area contributed by atoms with E-state index in [1.54, 1.807) is 0 Å². The average Bonchev–Trinajstić information content (AvgIpc) is 2.59. The summed E-state index contributed by atoms with van der Waals surface area (Å²) in [5.41, 5.74) is 6.23. The largest absolute Gasteiger partial charge is 0.256 e. The Morgan fingerprint density at radius 3 is 2.28 bits per heavy atom. The molecule has 3 aromatic carbocycles. The summed E-state index contributed by atoms with van der Waals surface area (Å²) in [4.78, 5) is 4.78. The molecule has 0 N–H and O–H groups in total. The molecule has 25 heavy (non-hydrogen) atoms. The van der Waals surface area contributed by atoms with Crippen LogP contribution in [0.4, 0.5) is 0 Å². The molecular weight excluding hydrogens is 302 g/mol. The molecular formula is C24H23N. The van der Waals surface area contributed by atoms with Crippen LogP contribution >= 0.6 is 0 Å². The van der Waals surface area contributed by atoms with Gasteiger partial charge in [0.05, 0.1) is 5.69 Å². The highest BCUT2D eigenvalue weighted by Gasteiger charge is 2.12. The minimum Gasteiger partial charge on any atom is -0.256 e. The monoisotopic (exact) mass is 325 g/mol. The summed E-state index contributed by atoms with van der Waals surface area (Å²) >= 11 is 0. The van der Waals surface area contributed by atoms with Crippen LogP contribution in [0.5, 0.6) is 0 Å². The SMILES string of the molecule is Cc1cc(C)cc(-c2nccc3ccc4c(C(C)C)cccc4c23)c1. The summed E-state index contributed by atoms with van der Waals surface area (Å²) in [6.45, 7) is 8.81. The average molecular weight is 325 g/mol. The van der Waals surface area contributed by atoms with Crippen LogP contribution in [0.3, 0.4) is 0 Å². The summed E-state index contributed by atoms with van der Waals surface area (Å²) in [7, 11) is 0. The highest BCUT2D eigenvalue weighted by Crippen LogP contribution is 2.36. The quantitative estimate of drug-likeness (QED) is 0.369. The van der Waals surface area contributed by atoms with Gasteiger partial charge in [-0.1, -0.05) is 61.4 Å². The third-order valence-corrected chi connectivity index (χ3v) is 4.94. The van der Waals surface area contributed by atoms with Gasteiger partial charge in [0.25, 0.3) is 0 Å². The Kier molecular flexibility index (Phi) is 3.80. The second kappa shape index (κ2) is 6.00. The number of aromatic nitrogens is 1. The Labute approximate surface area is 149 Å². The topological polar surface area (TPSA) is 12.9 Å². The van der Waals surface area contributed by atoms with Crippen molar-refractivity contribution in [2.24, 2.45) is 0 Å². The fraction of sp³-hybridized carbons (Fsp3) is 0.208. The number of nitrogens with zero attached hydrogens (tertiary/aromatic N) is 1. The minimum atomic E-state index is 0.502. The van der Waals surface area contributed by atoms with Gasteiger partial charge in [0.1, 0.15) is 0 Å². The van der Waals surface area contributed by atoms with E-state index in [-0.39, 0.29) is 0 Å². The van der Waals surface area contributed by atoms with Gasteiger partial charge in [0, 0.05) is 17.1 Å². The molecule has 1 heterocycles. The second-order valence-electron chi connectivity index (χ2n) is 7.30. The first-order valence-corrected chi connectivity index (χ1v) is 8.93. The standard InChI is InChI=1S/C24H23N/c1-15(2)20-6-5-7-22-21(20)9-8-18-10-11-25-24(23(18)22)19-13-16(3)12-17(4)14-19/h5-15H,1-4H3. The van der Waals surface area contributed by atoms with Crippen molar-refractivity contribution in [2.45, 2.75) is 33.6 Å². The lowest BCUT2D eigenvalue weighted by atomic mass is 9.91. The number of benzene rings is 3. The number of pyridine rings is 1. The molecule has 0 radical (unpaired) electrons. The van der Waals surface area contributed by atoms with Gasteiger partial charge in [-0.25, -0.2) is 0 Å². The summed E-state index contributed by atoms with van der Waals surface area (Å²) in [6.07, 6.45) is 1.92. The molecule has 0 bridgehead atoms. The minimum absolute atomic E-state index is 0.502. The van der Waals surface area contributed by atoms with Gasteiger partial charge in [-0.2, -0.15) is 0 Å². The van der Waals surface area contributed by atoms with E-state index < -0.39 is 0 Å². The first kappa shape index (κ1) is 15.8. The number of hydrogen-bond acceptors (Lipinski definition) is 1. The molecule has 1 aromatic heterocycles. The van der Waals surface area contributed by atoms with Gasteiger partial charge in [0.2, 0.25) is 0 Å². The third kappa shape index (κ3) is 2.70. The number of hydrogen-bond donors (Lipinski definition) is 0. The van der Waals surface area contributed by atoms with E-state index >= 15 is 0 Å². The highest BCUT2D eigenvalue weighted by molar-refractivity contribution is 6.14. The predicted molar refractivity (Wildman–Crippen MR) is 108 cm³/mol. The maximum atomic E-state index is 4.78. The molecule has 0 atom stereocenters. The van der Waals surface area contributed by atoms with Crippen LogP contribution in [0, 0.1) is 13.8 Å². The summed E-state index contributed by atoms with van der Waals surface area (Å²) in [6, 6.07) is 19.9. The van der Waals surface area contributed by atoms with Crippen LogP contribution in [0.25, 0.3) is 32.8 Å². The van der Waals surface area contributed by atoms with Crippen LogP contribution < -0.4 is 0 Å². The molecule has 1 nitrogen and oxygen atoms in total. The molecule has 0 aliphatic carbocycles. The molecule has 124 valence electrons. The molecule has 0 amide bonds. The van der Waals surface area contributed by atoms with E-state index in [0.717, 1.165) is 5.69 Å². The van der Waals surface area contributed by atoms with Crippen LogP contribution in [-0.4, -0.2) is 4.98 Å². The molecule has 0 aliphatic rings. The summed E-state index contributed by atoms with van der Waals surface area (Å²) < 4.78 is 0. The van der Waals surface area contributed by atoms with E-state index in [0.29, 0.717) is 5.92 Å². The lowest BCUT2D eigenvalue weighted by Crippen LogP contribution is -1.93. The molecule has 0 saturated heterocycles. The van der Waals surface area contributed by atoms with Crippen molar-refractivity contribution in [3.8, 4) is 11.3 Å². The molecule has 1 heteroatoms. The van der Waals surface area contributed by atoms with Crippen molar-refractivity contribution >= 4 is 21.5 Å². The lowest BCUT2D eigenvalue weighted by Gasteiger charge is -2.14. The van der Waals surface area contributed by atoms with E-state index in [4.69, 9.17) is 4.98 Å². The van der Waals surface area contributed by atoms with E-state index in [2.05, 4.69) is 82.3 Å². The number of fused-ring (bicyclic) bond motifs is 3. The first-order valence-electron chi connectivity index (χ1n) is 8.93. The fourth-order valence-corrected chi connectivity index (χ4v) is 3.89. The zero-order valence-electron chi connectivity index (χ0n) is 15.3. The lowest BCUT2D eigenvalue weighted by molar-refractivity contribution is 0.876. The molecule has 0 spiro atoms. The van der Waals surface area contributed by atoms with Crippen LogP contribution in [-0.2, 0) is 0 Å². The summed E-state index contributed by atoms with van der Waals surface area (Å²) in [5.74, 6) is 0.502. The Hall–Kier alpha value is -2.67. The molecule has 4 rings (SSSR count). The van der Waals surface area contributed by atoms with Crippen molar-refractivity contribution in [3.63, 3.8) is 0 Å². The van der Waals surface area contributed by atoms with Gasteiger partial charge >= 0.3 is 0 Å². The Balaban J connectivity index is 2.14. The maximum Gasteiger partial charge on any atom is 0.0786 e. The Morgan fingerprint density at radius 1 is 0.800 bits per heavy atom. The van der Waals surface area contributed by atoms with Crippen molar-refractivity contribution in [2.75, 3.05) is 0 Å². The van der Waals surface area contributed by atoms with Gasteiger partial charge < -0.3 is 0 Å². The first-order chi connectivity index (χ1) is 12.0. The second-order valence-corrected chi connectivity index (χ2v) is 7.30. The molecule has 0 fully saturated rings. The van der Waals surface area contributed by atoms with Crippen LogP contribution in [0.1, 0.15) is 36.5 Å². The normalized spacial score (nSPS) is 11.6. The van der Waals surface area contributed by atoms with E-state index in [1.165, 1.54) is 43.8 Å².